The van der Waals surface area contributed by atoms with Crippen LogP contribution in [0.3, 0.4) is 0 Å². The monoisotopic (exact) mass is 597 g/mol. The van der Waals surface area contributed by atoms with Crippen molar-refractivity contribution < 1.29 is 9.47 Å². The first-order valence-corrected chi connectivity index (χ1v) is 16.2. The summed E-state index contributed by atoms with van der Waals surface area (Å²) in [6, 6.07) is 9.02. The highest BCUT2D eigenvalue weighted by Gasteiger charge is 2.39. The molecule has 0 fully saturated rings. The van der Waals surface area contributed by atoms with Gasteiger partial charge in [-0.15, -0.1) is 0 Å². The Morgan fingerprint density at radius 3 is 2.09 bits per heavy atom. The Bertz CT molecular complexity index is 1610. The number of hydrogen-bond donors (Lipinski definition) is 0. The molecule has 0 aromatic heterocycles. The molecule has 0 spiro atoms. The van der Waals surface area contributed by atoms with Crippen LogP contribution in [0.15, 0.2) is 76.0 Å². The van der Waals surface area contributed by atoms with Crippen molar-refractivity contribution in [1.82, 2.24) is 0 Å². The minimum Gasteiger partial charge on any atom is -0.494 e. The Kier molecular flexibility index (Phi) is 8.53. The van der Waals surface area contributed by atoms with Gasteiger partial charge in [0.1, 0.15) is 11.5 Å². The first-order valence-electron chi connectivity index (χ1n) is 15.8. The van der Waals surface area contributed by atoms with Gasteiger partial charge >= 0.3 is 0 Å². The smallest absolute Gasteiger partial charge is 0.122 e. The molecule has 0 saturated carbocycles. The lowest BCUT2D eigenvalue weighted by Crippen LogP contribution is -2.22. The van der Waals surface area contributed by atoms with Crippen molar-refractivity contribution in [1.29, 1.82) is 0 Å². The van der Waals surface area contributed by atoms with E-state index >= 15 is 0 Å². The predicted molar refractivity (Wildman–Crippen MR) is 184 cm³/mol. The standard InChI is InChI=1S/C39H48ClNO2/c1-11-42-34-22-31-29(20-24(34)3)26(5)30(38(31,6)7)18-16-27-14-13-15-28(37(27)40)17-19-36-39(8,9)32-23-35(43-12-2)25(4)21-33(32)41(36)10/h16-23H,11-15H2,1-10H3/b18-16+,28-17?,36-19-. The van der Waals surface area contributed by atoms with Gasteiger partial charge in [0, 0.05) is 34.3 Å². The molecule has 0 N–H and O–H groups in total. The molecule has 43 heavy (non-hydrogen) atoms. The third-order valence-corrected chi connectivity index (χ3v) is 10.2. The highest BCUT2D eigenvalue weighted by molar-refractivity contribution is 6.32. The quantitative estimate of drug-likeness (QED) is 0.317. The topological polar surface area (TPSA) is 21.7 Å². The van der Waals surface area contributed by atoms with Crippen LogP contribution in [0, 0.1) is 13.8 Å². The van der Waals surface area contributed by atoms with Crippen molar-refractivity contribution >= 4 is 22.9 Å². The summed E-state index contributed by atoms with van der Waals surface area (Å²) in [5.74, 6) is 1.96. The van der Waals surface area contributed by atoms with Gasteiger partial charge in [0.25, 0.3) is 0 Å². The fourth-order valence-electron chi connectivity index (χ4n) is 7.26. The summed E-state index contributed by atoms with van der Waals surface area (Å²) in [5, 5.41) is 0.894. The van der Waals surface area contributed by atoms with Crippen LogP contribution < -0.4 is 14.4 Å². The molecule has 3 nitrogen and oxygen atoms in total. The summed E-state index contributed by atoms with van der Waals surface area (Å²) in [5.41, 5.74) is 13.7. The summed E-state index contributed by atoms with van der Waals surface area (Å²) in [7, 11) is 2.17. The van der Waals surface area contributed by atoms with E-state index in [1.54, 1.807) is 0 Å². The summed E-state index contributed by atoms with van der Waals surface area (Å²) in [6.45, 7) is 21.2. The van der Waals surface area contributed by atoms with Crippen LogP contribution in [0.25, 0.3) is 5.57 Å². The normalized spacial score (nSPS) is 21.0. The second-order valence-electron chi connectivity index (χ2n) is 13.3. The summed E-state index contributed by atoms with van der Waals surface area (Å²) in [6.07, 6.45) is 12.2. The minimum absolute atomic E-state index is 0.103. The first kappa shape index (κ1) is 31.3. The van der Waals surface area contributed by atoms with E-state index in [4.69, 9.17) is 21.1 Å². The van der Waals surface area contributed by atoms with E-state index in [-0.39, 0.29) is 10.8 Å². The molecule has 5 rings (SSSR count). The van der Waals surface area contributed by atoms with Crippen molar-refractivity contribution in [3.8, 4) is 11.5 Å². The van der Waals surface area contributed by atoms with Crippen molar-refractivity contribution in [3.05, 3.63) is 104 Å². The third-order valence-electron chi connectivity index (χ3n) is 9.75. The van der Waals surface area contributed by atoms with Crippen molar-refractivity contribution in [2.45, 2.75) is 92.4 Å². The van der Waals surface area contributed by atoms with Gasteiger partial charge in [-0.3, -0.25) is 0 Å². The zero-order chi connectivity index (χ0) is 31.3. The zero-order valence-corrected chi connectivity index (χ0v) is 28.6. The molecule has 2 aromatic rings. The Morgan fingerprint density at radius 1 is 0.814 bits per heavy atom. The number of anilines is 1. The zero-order valence-electron chi connectivity index (χ0n) is 27.8. The molecule has 0 atom stereocenters. The third kappa shape index (κ3) is 5.39. The molecule has 0 saturated heterocycles. The lowest BCUT2D eigenvalue weighted by molar-refractivity contribution is 0.337. The van der Waals surface area contributed by atoms with Gasteiger partial charge in [-0.2, -0.15) is 0 Å². The van der Waals surface area contributed by atoms with Crippen LogP contribution in [0.2, 0.25) is 0 Å². The first-order chi connectivity index (χ1) is 20.3. The number of ether oxygens (including phenoxy) is 2. The number of allylic oxidation sites excluding steroid dienone is 10. The molecular weight excluding hydrogens is 550 g/mol. The number of likely N-dealkylation sites (N-methyl/N-ethyl adjacent to an activating group) is 1. The van der Waals surface area contributed by atoms with Gasteiger partial charge in [0.15, 0.2) is 0 Å². The summed E-state index contributed by atoms with van der Waals surface area (Å²) < 4.78 is 11.9. The van der Waals surface area contributed by atoms with E-state index in [0.29, 0.717) is 13.2 Å². The van der Waals surface area contributed by atoms with Gasteiger partial charge in [0.2, 0.25) is 0 Å². The van der Waals surface area contributed by atoms with Gasteiger partial charge in [-0.25, -0.2) is 0 Å². The SMILES string of the molecule is CCOc1cc2c(cc1C)C(C)=C(/C=C/C1=C(Cl)C(=C/C=C3\N(C)c4cc(C)c(OCC)cc4C3(C)C)CCC1)C2(C)C. The van der Waals surface area contributed by atoms with Crippen molar-refractivity contribution in [2.24, 2.45) is 0 Å². The lowest BCUT2D eigenvalue weighted by Gasteiger charge is -2.25. The van der Waals surface area contributed by atoms with Gasteiger partial charge in [0.05, 0.1) is 13.2 Å². The molecule has 3 aliphatic rings. The molecule has 1 heterocycles. The van der Waals surface area contributed by atoms with E-state index in [9.17, 15) is 0 Å². The van der Waals surface area contributed by atoms with E-state index < -0.39 is 0 Å². The van der Waals surface area contributed by atoms with Crippen LogP contribution >= 0.6 is 11.6 Å². The largest absolute Gasteiger partial charge is 0.494 e. The Labute approximate surface area is 264 Å². The van der Waals surface area contributed by atoms with Crippen LogP contribution in [0.1, 0.15) is 95.5 Å². The number of fused-ring (bicyclic) bond motifs is 2. The molecule has 228 valence electrons. The summed E-state index contributed by atoms with van der Waals surface area (Å²) in [4.78, 5) is 2.32. The molecule has 2 aromatic carbocycles. The number of nitrogens with zero attached hydrogens (tertiary/aromatic N) is 1. The van der Waals surface area contributed by atoms with Crippen molar-refractivity contribution in [3.63, 3.8) is 0 Å². The molecule has 0 amide bonds. The highest BCUT2D eigenvalue weighted by atomic mass is 35.5. The number of aryl methyl sites for hydroxylation is 2. The van der Waals surface area contributed by atoms with E-state index in [2.05, 4.69) is 109 Å². The molecule has 1 aliphatic heterocycles. The van der Waals surface area contributed by atoms with Gasteiger partial charge in [-0.05, 0) is 134 Å². The minimum atomic E-state index is -0.137. The van der Waals surface area contributed by atoms with Crippen LogP contribution in [-0.4, -0.2) is 20.3 Å². The van der Waals surface area contributed by atoms with E-state index in [0.717, 1.165) is 35.8 Å². The average Bonchev–Trinajstić information content (AvgIpc) is 3.24. The molecule has 0 unspecified atom stereocenters. The fraction of sp³-hybridized carbons (Fsp3) is 0.436. The predicted octanol–water partition coefficient (Wildman–Crippen LogP) is 10.6. The molecular formula is C39H48ClNO2. The molecule has 4 heteroatoms. The number of halogens is 1. The molecule has 2 aliphatic carbocycles. The maximum absolute atomic E-state index is 7.13. The second kappa shape index (κ2) is 11.7. The lowest BCUT2D eigenvalue weighted by atomic mass is 9.80. The van der Waals surface area contributed by atoms with Crippen LogP contribution in [0.4, 0.5) is 5.69 Å². The second-order valence-corrected chi connectivity index (χ2v) is 13.7. The van der Waals surface area contributed by atoms with Crippen LogP contribution in [-0.2, 0) is 10.8 Å². The number of benzene rings is 2. The van der Waals surface area contributed by atoms with Gasteiger partial charge < -0.3 is 14.4 Å². The number of rotatable bonds is 7. The average molecular weight is 598 g/mol. The summed E-state index contributed by atoms with van der Waals surface area (Å²) >= 11 is 7.13. The fourth-order valence-corrected chi connectivity index (χ4v) is 7.57. The Hall–Kier alpha value is -3.17. The Balaban J connectivity index is 1.45. The highest BCUT2D eigenvalue weighted by Crippen LogP contribution is 2.50. The van der Waals surface area contributed by atoms with Crippen LogP contribution in [0.5, 0.6) is 11.5 Å². The maximum Gasteiger partial charge on any atom is 0.122 e. The maximum atomic E-state index is 7.13. The molecule has 0 radical (unpaired) electrons. The number of hydrogen-bond acceptors (Lipinski definition) is 3. The van der Waals surface area contributed by atoms with E-state index in [1.165, 1.54) is 61.5 Å². The van der Waals surface area contributed by atoms with Crippen molar-refractivity contribution in [2.75, 3.05) is 25.2 Å². The van der Waals surface area contributed by atoms with Gasteiger partial charge in [-0.1, -0.05) is 57.5 Å². The van der Waals surface area contributed by atoms with E-state index in [1.807, 2.05) is 13.8 Å². The Morgan fingerprint density at radius 2 is 1.44 bits per heavy atom. The molecule has 0 bridgehead atoms.